The third kappa shape index (κ3) is 4.26. The summed E-state index contributed by atoms with van der Waals surface area (Å²) in [5.41, 5.74) is 1.73. The van der Waals surface area contributed by atoms with E-state index in [2.05, 4.69) is 9.97 Å². The van der Waals surface area contributed by atoms with Crippen LogP contribution in [0.2, 0.25) is 0 Å². The molecule has 0 N–H and O–H groups in total. The van der Waals surface area contributed by atoms with Crippen molar-refractivity contribution in [3.05, 3.63) is 17.0 Å². The largest absolute Gasteiger partial charge is 0.550 e. The Morgan fingerprint density at radius 3 is 2.29 bits per heavy atom. The van der Waals surface area contributed by atoms with E-state index in [-0.39, 0.29) is 29.8 Å². The highest BCUT2D eigenvalue weighted by Crippen LogP contribution is 2.23. The molecule has 0 amide bonds. The molecule has 1 aromatic heterocycles. The van der Waals surface area contributed by atoms with Crippen LogP contribution in [-0.2, 0) is 11.2 Å². The smallest absolute Gasteiger partial charge is 0.291 e. The molecule has 0 radical (unpaired) electrons. The summed E-state index contributed by atoms with van der Waals surface area (Å²) < 4.78 is 24.3. The van der Waals surface area contributed by atoms with Gasteiger partial charge in [0.05, 0.1) is 0 Å². The van der Waals surface area contributed by atoms with Crippen LogP contribution in [0.15, 0.2) is 5.16 Å². The van der Waals surface area contributed by atoms with E-state index in [1.54, 1.807) is 13.8 Å². The molecule has 1 rings (SSSR count). The Morgan fingerprint density at radius 2 is 1.88 bits per heavy atom. The summed E-state index contributed by atoms with van der Waals surface area (Å²) >= 11 is 0.276. The Hall–Kier alpha value is -1.24. The van der Waals surface area contributed by atoms with Crippen molar-refractivity contribution in [2.45, 2.75) is 37.6 Å². The average Bonchev–Trinajstić information content (AvgIpc) is 2.14. The van der Waals surface area contributed by atoms with Gasteiger partial charge in [-0.15, -0.1) is 0 Å². The molecular formula is C10H11F2N2O2S-. The molecule has 7 heteroatoms. The van der Waals surface area contributed by atoms with Gasteiger partial charge in [-0.1, -0.05) is 0 Å². The zero-order valence-electron chi connectivity index (χ0n) is 9.37. The fourth-order valence-corrected chi connectivity index (χ4v) is 1.97. The summed E-state index contributed by atoms with van der Waals surface area (Å²) in [4.78, 5) is 18.2. The second-order valence-corrected chi connectivity index (χ2v) is 4.36. The normalized spacial score (nSPS) is 10.9. The van der Waals surface area contributed by atoms with Gasteiger partial charge < -0.3 is 9.90 Å². The standard InChI is InChI=1S/C10H12F2N2O2S/c1-5-7(3-4-8(15)16)6(2)14-10(13-5)17-9(11)12/h9H,3-4H2,1-2H3,(H,15,16)/p-1. The lowest BCUT2D eigenvalue weighted by molar-refractivity contribution is -0.305. The second kappa shape index (κ2) is 5.90. The van der Waals surface area contributed by atoms with E-state index in [0.29, 0.717) is 17.0 Å². The Balaban J connectivity index is 2.90. The van der Waals surface area contributed by atoms with Crippen LogP contribution < -0.4 is 5.11 Å². The molecule has 0 bridgehead atoms. The predicted octanol–water partition coefficient (Wildman–Crippen LogP) is 1.09. The first-order valence-corrected chi connectivity index (χ1v) is 5.77. The molecular weight excluding hydrogens is 250 g/mol. The monoisotopic (exact) mass is 261 g/mol. The number of hydrogen-bond donors (Lipinski definition) is 0. The van der Waals surface area contributed by atoms with Gasteiger partial charge in [-0.25, -0.2) is 9.97 Å². The van der Waals surface area contributed by atoms with Gasteiger partial charge in [0, 0.05) is 17.4 Å². The van der Waals surface area contributed by atoms with Gasteiger partial charge in [0.25, 0.3) is 5.76 Å². The second-order valence-electron chi connectivity index (χ2n) is 3.41. The molecule has 1 aromatic rings. The maximum absolute atomic E-state index is 12.1. The molecule has 0 saturated carbocycles. The number of thioether (sulfide) groups is 1. The molecule has 0 atom stereocenters. The van der Waals surface area contributed by atoms with Crippen LogP contribution in [-0.4, -0.2) is 21.7 Å². The number of carboxylic acid groups (broad SMARTS) is 1. The molecule has 0 saturated heterocycles. The lowest BCUT2D eigenvalue weighted by Gasteiger charge is -2.10. The summed E-state index contributed by atoms with van der Waals surface area (Å²) in [7, 11) is 0. The van der Waals surface area contributed by atoms with E-state index < -0.39 is 11.7 Å². The van der Waals surface area contributed by atoms with Gasteiger partial charge in [-0.05, 0) is 44.0 Å². The van der Waals surface area contributed by atoms with Crippen molar-refractivity contribution < 1.29 is 18.7 Å². The maximum atomic E-state index is 12.1. The molecule has 0 aliphatic carbocycles. The number of aryl methyl sites for hydroxylation is 2. The molecule has 0 aliphatic rings. The Labute approximate surface area is 101 Å². The third-order valence-electron chi connectivity index (χ3n) is 2.17. The molecule has 0 unspecified atom stereocenters. The summed E-state index contributed by atoms with van der Waals surface area (Å²) in [5.74, 6) is -3.72. The van der Waals surface area contributed by atoms with E-state index in [0.717, 1.165) is 0 Å². The minimum atomic E-state index is -2.57. The van der Waals surface area contributed by atoms with Crippen LogP contribution in [0.25, 0.3) is 0 Å². The lowest BCUT2D eigenvalue weighted by atomic mass is 10.1. The predicted molar refractivity (Wildman–Crippen MR) is 56.7 cm³/mol. The van der Waals surface area contributed by atoms with Gasteiger partial charge in [0.2, 0.25) is 0 Å². The minimum Gasteiger partial charge on any atom is -0.550 e. The van der Waals surface area contributed by atoms with Crippen molar-refractivity contribution in [1.82, 2.24) is 9.97 Å². The van der Waals surface area contributed by atoms with E-state index in [9.17, 15) is 18.7 Å². The van der Waals surface area contributed by atoms with Gasteiger partial charge in [0.1, 0.15) is 0 Å². The number of carboxylic acids is 1. The van der Waals surface area contributed by atoms with Gasteiger partial charge >= 0.3 is 0 Å². The first-order chi connectivity index (χ1) is 7.90. The van der Waals surface area contributed by atoms with Gasteiger partial charge in [-0.2, -0.15) is 8.78 Å². The SMILES string of the molecule is Cc1nc(SC(F)F)nc(C)c1CCC(=O)[O-]. The zero-order valence-corrected chi connectivity index (χ0v) is 10.2. The number of nitrogens with zero attached hydrogens (tertiary/aromatic N) is 2. The first kappa shape index (κ1) is 13.8. The Kier molecular flexibility index (Phi) is 4.80. The number of aliphatic carboxylic acids is 1. The van der Waals surface area contributed by atoms with Crippen molar-refractivity contribution in [3.63, 3.8) is 0 Å². The highest BCUT2D eigenvalue weighted by Gasteiger charge is 2.12. The maximum Gasteiger partial charge on any atom is 0.291 e. The van der Waals surface area contributed by atoms with Crippen LogP contribution in [0.5, 0.6) is 0 Å². The van der Waals surface area contributed by atoms with E-state index in [4.69, 9.17) is 0 Å². The highest BCUT2D eigenvalue weighted by molar-refractivity contribution is 7.99. The van der Waals surface area contributed by atoms with Crippen LogP contribution in [0.1, 0.15) is 23.4 Å². The van der Waals surface area contributed by atoms with Crippen molar-refractivity contribution >= 4 is 17.7 Å². The van der Waals surface area contributed by atoms with Crippen LogP contribution in [0, 0.1) is 13.8 Å². The number of halogens is 2. The molecule has 0 spiro atoms. The molecule has 0 aromatic carbocycles. The molecule has 4 nitrogen and oxygen atoms in total. The van der Waals surface area contributed by atoms with E-state index in [1.807, 2.05) is 0 Å². The summed E-state index contributed by atoms with van der Waals surface area (Å²) in [6, 6.07) is 0. The molecule has 0 fully saturated rings. The number of carbonyl (C=O) groups is 1. The number of aromatic nitrogens is 2. The number of hydrogen-bond acceptors (Lipinski definition) is 5. The molecule has 1 heterocycles. The topological polar surface area (TPSA) is 65.9 Å². The zero-order chi connectivity index (χ0) is 13.0. The lowest BCUT2D eigenvalue weighted by Crippen LogP contribution is -2.22. The van der Waals surface area contributed by atoms with Crippen molar-refractivity contribution in [1.29, 1.82) is 0 Å². The van der Waals surface area contributed by atoms with E-state index in [1.165, 1.54) is 0 Å². The molecule has 17 heavy (non-hydrogen) atoms. The van der Waals surface area contributed by atoms with Crippen LogP contribution in [0.3, 0.4) is 0 Å². The third-order valence-corrected chi connectivity index (χ3v) is 2.75. The number of carbonyl (C=O) groups excluding carboxylic acids is 1. The van der Waals surface area contributed by atoms with Crippen LogP contribution in [0.4, 0.5) is 8.78 Å². The summed E-state index contributed by atoms with van der Waals surface area (Å²) in [6.07, 6.45) is 0.117. The highest BCUT2D eigenvalue weighted by atomic mass is 32.2. The van der Waals surface area contributed by atoms with Crippen LogP contribution >= 0.6 is 11.8 Å². The quantitative estimate of drug-likeness (QED) is 0.586. The van der Waals surface area contributed by atoms with E-state index >= 15 is 0 Å². The van der Waals surface area contributed by atoms with Crippen molar-refractivity contribution in [2.75, 3.05) is 0 Å². The summed E-state index contributed by atoms with van der Waals surface area (Å²) in [5, 5.41) is 10.4. The molecule has 94 valence electrons. The average molecular weight is 261 g/mol. The van der Waals surface area contributed by atoms with Crippen molar-refractivity contribution in [2.24, 2.45) is 0 Å². The Morgan fingerprint density at radius 1 is 1.35 bits per heavy atom. The fourth-order valence-electron chi connectivity index (χ4n) is 1.43. The molecule has 0 aliphatic heterocycles. The fraction of sp³-hybridized carbons (Fsp3) is 0.500. The first-order valence-electron chi connectivity index (χ1n) is 4.89. The Bertz CT molecular complexity index is 404. The minimum absolute atomic E-state index is 0.00667. The van der Waals surface area contributed by atoms with Gasteiger partial charge in [0.15, 0.2) is 5.16 Å². The van der Waals surface area contributed by atoms with Crippen molar-refractivity contribution in [3.8, 4) is 0 Å². The number of rotatable bonds is 5. The number of alkyl halides is 2. The summed E-state index contributed by atoms with van der Waals surface area (Å²) in [6.45, 7) is 3.30. The van der Waals surface area contributed by atoms with Gasteiger partial charge in [-0.3, -0.25) is 0 Å².